The molecule has 6 heteroatoms. The van der Waals surface area contributed by atoms with Crippen molar-refractivity contribution in [3.63, 3.8) is 0 Å². The zero-order valence-electron chi connectivity index (χ0n) is 7.25. The molecule has 0 amide bonds. The van der Waals surface area contributed by atoms with Gasteiger partial charge in [0.25, 0.3) is 0 Å². The minimum atomic E-state index is 0.286. The Morgan fingerprint density at radius 2 is 2.31 bits per heavy atom. The Hall–Kier alpha value is -1.85. The summed E-state index contributed by atoms with van der Waals surface area (Å²) in [4.78, 5) is 7.97. The number of nitrogen functional groups attached to an aromatic ring is 1. The van der Waals surface area contributed by atoms with Crippen molar-refractivity contribution in [2.24, 2.45) is 7.05 Å². The Labute approximate surface area is 75.0 Å². The Bertz CT molecular complexity index is 401. The largest absolute Gasteiger partial charge is 0.367 e. The Morgan fingerprint density at radius 3 is 2.85 bits per heavy atom. The molecule has 2 heterocycles. The summed E-state index contributed by atoms with van der Waals surface area (Å²) in [5.41, 5.74) is 5.38. The third kappa shape index (κ3) is 1.51. The number of nitrogens with two attached hydrogens (primary N) is 1. The summed E-state index contributed by atoms with van der Waals surface area (Å²) in [6, 6.07) is 0. The minimum Gasteiger partial charge on any atom is -0.367 e. The minimum absolute atomic E-state index is 0.286. The fraction of sp³-hybridized carbons (Fsp3) is 0.286. The van der Waals surface area contributed by atoms with E-state index in [0.717, 1.165) is 5.82 Å². The first-order valence-electron chi connectivity index (χ1n) is 3.87. The topological polar surface area (TPSA) is 74.5 Å². The van der Waals surface area contributed by atoms with Crippen molar-refractivity contribution in [1.82, 2.24) is 24.3 Å². The molecule has 2 aromatic heterocycles. The van der Waals surface area contributed by atoms with Crippen LogP contribution >= 0.6 is 0 Å². The number of imidazole rings is 1. The number of hydrogen-bond donors (Lipinski definition) is 1. The summed E-state index contributed by atoms with van der Waals surface area (Å²) < 4.78 is 3.58. The second-order valence-corrected chi connectivity index (χ2v) is 2.75. The van der Waals surface area contributed by atoms with E-state index in [4.69, 9.17) is 5.73 Å². The molecule has 0 fully saturated rings. The summed E-state index contributed by atoms with van der Waals surface area (Å²) in [6.45, 7) is 0.591. The zero-order chi connectivity index (χ0) is 9.26. The smallest absolute Gasteiger partial charge is 0.239 e. The summed E-state index contributed by atoms with van der Waals surface area (Å²) in [7, 11) is 1.93. The van der Waals surface area contributed by atoms with Crippen molar-refractivity contribution in [1.29, 1.82) is 0 Å². The maximum Gasteiger partial charge on any atom is 0.239 e. The van der Waals surface area contributed by atoms with Crippen molar-refractivity contribution < 1.29 is 0 Å². The summed E-state index contributed by atoms with van der Waals surface area (Å²) in [5.74, 6) is 1.21. The van der Waals surface area contributed by atoms with Gasteiger partial charge in [0.1, 0.15) is 18.7 Å². The number of aryl methyl sites for hydroxylation is 1. The summed E-state index contributed by atoms with van der Waals surface area (Å²) >= 11 is 0. The quantitative estimate of drug-likeness (QED) is 0.681. The first kappa shape index (κ1) is 7.78. The van der Waals surface area contributed by atoms with Gasteiger partial charge in [0.05, 0.1) is 0 Å². The van der Waals surface area contributed by atoms with Crippen LogP contribution in [0.3, 0.4) is 0 Å². The highest BCUT2D eigenvalue weighted by molar-refractivity contribution is 5.09. The van der Waals surface area contributed by atoms with Crippen LogP contribution in [0.15, 0.2) is 18.7 Å². The molecule has 0 spiro atoms. The number of rotatable bonds is 2. The molecule has 0 unspecified atom stereocenters. The van der Waals surface area contributed by atoms with Gasteiger partial charge < -0.3 is 10.3 Å². The predicted octanol–water partition coefficient (Wildman–Crippen LogP) is -0.358. The third-order valence-electron chi connectivity index (χ3n) is 1.78. The molecular formula is C7H10N6. The van der Waals surface area contributed by atoms with Crippen LogP contribution in [-0.4, -0.2) is 24.3 Å². The van der Waals surface area contributed by atoms with E-state index in [9.17, 15) is 0 Å². The van der Waals surface area contributed by atoms with E-state index in [1.807, 2.05) is 17.8 Å². The first-order chi connectivity index (χ1) is 6.25. The summed E-state index contributed by atoms with van der Waals surface area (Å²) in [6.07, 6.45) is 5.22. The molecule has 0 saturated heterocycles. The normalized spacial score (nSPS) is 10.5. The van der Waals surface area contributed by atoms with Gasteiger partial charge in [-0.2, -0.15) is 0 Å². The number of hydrogen-bond acceptors (Lipinski definition) is 4. The highest BCUT2D eigenvalue weighted by atomic mass is 15.4. The van der Waals surface area contributed by atoms with E-state index in [-0.39, 0.29) is 5.95 Å². The Balaban J connectivity index is 2.19. The molecule has 0 bridgehead atoms. The molecule has 0 aliphatic heterocycles. The van der Waals surface area contributed by atoms with Crippen LogP contribution in [0.2, 0.25) is 0 Å². The van der Waals surface area contributed by atoms with Gasteiger partial charge in [0.15, 0.2) is 0 Å². The van der Waals surface area contributed by atoms with Gasteiger partial charge in [0, 0.05) is 19.4 Å². The number of anilines is 1. The van der Waals surface area contributed by atoms with Gasteiger partial charge in [-0.05, 0) is 0 Å². The average Bonchev–Trinajstić information content (AvgIpc) is 2.64. The SMILES string of the molecule is Cn1ccnc1Cn1cnc(N)n1. The number of aromatic nitrogens is 5. The van der Waals surface area contributed by atoms with E-state index in [0.29, 0.717) is 6.54 Å². The lowest BCUT2D eigenvalue weighted by Crippen LogP contribution is -2.06. The van der Waals surface area contributed by atoms with Gasteiger partial charge in [-0.1, -0.05) is 0 Å². The van der Waals surface area contributed by atoms with E-state index in [1.54, 1.807) is 17.2 Å². The molecule has 0 atom stereocenters. The molecular weight excluding hydrogens is 168 g/mol. The van der Waals surface area contributed by atoms with Crippen molar-refractivity contribution in [2.75, 3.05) is 5.73 Å². The lowest BCUT2D eigenvalue weighted by atomic mass is 10.6. The highest BCUT2D eigenvalue weighted by Gasteiger charge is 2.01. The summed E-state index contributed by atoms with van der Waals surface area (Å²) in [5, 5.41) is 3.96. The van der Waals surface area contributed by atoms with Crippen LogP contribution in [0.4, 0.5) is 5.95 Å². The lowest BCUT2D eigenvalue weighted by molar-refractivity contribution is 0.632. The van der Waals surface area contributed by atoms with Crippen LogP contribution in [0, 0.1) is 0 Å². The average molecular weight is 178 g/mol. The fourth-order valence-electron chi connectivity index (χ4n) is 1.08. The molecule has 13 heavy (non-hydrogen) atoms. The third-order valence-corrected chi connectivity index (χ3v) is 1.78. The van der Waals surface area contributed by atoms with Crippen LogP contribution < -0.4 is 5.73 Å². The van der Waals surface area contributed by atoms with E-state index >= 15 is 0 Å². The molecule has 6 nitrogen and oxygen atoms in total. The highest BCUT2D eigenvalue weighted by Crippen LogP contribution is 1.98. The molecule has 0 saturated carbocycles. The fourth-order valence-corrected chi connectivity index (χ4v) is 1.08. The first-order valence-corrected chi connectivity index (χ1v) is 3.87. The monoisotopic (exact) mass is 178 g/mol. The maximum atomic E-state index is 5.38. The zero-order valence-corrected chi connectivity index (χ0v) is 7.25. The van der Waals surface area contributed by atoms with Gasteiger partial charge in [-0.25, -0.2) is 14.6 Å². The van der Waals surface area contributed by atoms with Crippen LogP contribution in [-0.2, 0) is 13.6 Å². The molecule has 0 aromatic carbocycles. The standard InChI is InChI=1S/C7H10N6/c1-12-3-2-9-6(12)4-13-5-10-7(8)11-13/h2-3,5H,4H2,1H3,(H2,8,11). The van der Waals surface area contributed by atoms with Gasteiger partial charge >= 0.3 is 0 Å². The molecule has 0 aliphatic carbocycles. The molecule has 2 aromatic rings. The molecule has 68 valence electrons. The van der Waals surface area contributed by atoms with Crippen molar-refractivity contribution in [2.45, 2.75) is 6.54 Å². The number of nitrogens with zero attached hydrogens (tertiary/aromatic N) is 5. The van der Waals surface area contributed by atoms with E-state index in [1.165, 1.54) is 0 Å². The maximum absolute atomic E-state index is 5.38. The predicted molar refractivity (Wildman–Crippen MR) is 46.7 cm³/mol. The molecule has 0 aliphatic rings. The molecule has 0 radical (unpaired) electrons. The van der Waals surface area contributed by atoms with Gasteiger partial charge in [-0.3, -0.25) is 0 Å². The molecule has 2 N–H and O–H groups in total. The van der Waals surface area contributed by atoms with E-state index < -0.39 is 0 Å². The van der Waals surface area contributed by atoms with Crippen molar-refractivity contribution in [3.8, 4) is 0 Å². The van der Waals surface area contributed by atoms with Crippen molar-refractivity contribution >= 4 is 5.95 Å². The second-order valence-electron chi connectivity index (χ2n) is 2.75. The van der Waals surface area contributed by atoms with Gasteiger partial charge in [-0.15, -0.1) is 5.10 Å². The van der Waals surface area contributed by atoms with E-state index in [2.05, 4.69) is 15.1 Å². The van der Waals surface area contributed by atoms with Crippen LogP contribution in [0.1, 0.15) is 5.82 Å². The van der Waals surface area contributed by atoms with Crippen LogP contribution in [0.5, 0.6) is 0 Å². The van der Waals surface area contributed by atoms with Gasteiger partial charge in [0.2, 0.25) is 5.95 Å². The molecule has 2 rings (SSSR count). The Morgan fingerprint density at radius 1 is 1.46 bits per heavy atom. The van der Waals surface area contributed by atoms with Crippen LogP contribution in [0.25, 0.3) is 0 Å². The Kier molecular flexibility index (Phi) is 1.73. The second kappa shape index (κ2) is 2.89. The lowest BCUT2D eigenvalue weighted by Gasteiger charge is -1.99. The van der Waals surface area contributed by atoms with Crippen molar-refractivity contribution in [3.05, 3.63) is 24.5 Å².